The Kier molecular flexibility index (Phi) is 5.09. The Morgan fingerprint density at radius 1 is 1.25 bits per heavy atom. The lowest BCUT2D eigenvalue weighted by Crippen LogP contribution is -2.15. The van der Waals surface area contributed by atoms with Crippen molar-refractivity contribution >= 4 is 22.0 Å². The van der Waals surface area contributed by atoms with Crippen molar-refractivity contribution in [2.24, 2.45) is 11.8 Å². The number of halogens is 1. The molecule has 1 unspecified atom stereocenters. The minimum absolute atomic E-state index is 0.547. The molecule has 2 rings (SSSR count). The summed E-state index contributed by atoms with van der Waals surface area (Å²) in [4.78, 5) is 0. The lowest BCUT2D eigenvalue weighted by Gasteiger charge is -2.29. The lowest BCUT2D eigenvalue weighted by atomic mass is 9.80. The van der Waals surface area contributed by atoms with Gasteiger partial charge in [0.25, 0.3) is 0 Å². The molecular formula is C18H23BrO. The first-order valence-corrected chi connectivity index (χ1v) is 8.06. The smallest absolute Gasteiger partial charge is 0.121 e. The Hall–Kier alpha value is -1.02. The van der Waals surface area contributed by atoms with E-state index in [2.05, 4.69) is 67.0 Å². The van der Waals surface area contributed by atoms with Crippen molar-refractivity contribution in [3.05, 3.63) is 51.2 Å². The quantitative estimate of drug-likeness (QED) is 0.676. The van der Waals surface area contributed by atoms with Crippen LogP contribution < -0.4 is 0 Å². The third-order valence-electron chi connectivity index (χ3n) is 4.02. The third kappa shape index (κ3) is 3.35. The molecule has 1 aromatic carbocycles. The van der Waals surface area contributed by atoms with Crippen LogP contribution >= 0.6 is 15.9 Å². The largest absolute Gasteiger partial charge is 0.497 e. The predicted molar refractivity (Wildman–Crippen MR) is 89.4 cm³/mol. The van der Waals surface area contributed by atoms with Crippen LogP contribution in [0, 0.1) is 11.8 Å². The van der Waals surface area contributed by atoms with Crippen LogP contribution in [-0.2, 0) is 4.74 Å². The van der Waals surface area contributed by atoms with Crippen LogP contribution in [0.15, 0.2) is 45.6 Å². The molecule has 108 valence electrons. The molecule has 20 heavy (non-hydrogen) atoms. The number of allylic oxidation sites excluding steroid dienone is 2. The van der Waals surface area contributed by atoms with Crippen molar-refractivity contribution in [3.8, 4) is 0 Å². The van der Waals surface area contributed by atoms with Gasteiger partial charge in [-0.2, -0.15) is 0 Å². The second-order valence-corrected chi connectivity index (χ2v) is 6.72. The van der Waals surface area contributed by atoms with Gasteiger partial charge in [0.15, 0.2) is 0 Å². The normalized spacial score (nSPS) is 21.7. The molecular weight excluding hydrogens is 312 g/mol. The van der Waals surface area contributed by atoms with E-state index in [9.17, 15) is 0 Å². The molecule has 0 saturated heterocycles. The van der Waals surface area contributed by atoms with Crippen LogP contribution in [-0.4, -0.2) is 7.11 Å². The fourth-order valence-electron chi connectivity index (χ4n) is 2.80. The fraction of sp³-hybridized carbons (Fsp3) is 0.444. The second kappa shape index (κ2) is 6.62. The topological polar surface area (TPSA) is 9.23 Å². The van der Waals surface area contributed by atoms with Crippen LogP contribution in [0.5, 0.6) is 0 Å². The second-order valence-electron chi connectivity index (χ2n) is 5.80. The van der Waals surface area contributed by atoms with E-state index >= 15 is 0 Å². The monoisotopic (exact) mass is 334 g/mol. The van der Waals surface area contributed by atoms with Gasteiger partial charge in [-0.25, -0.2) is 0 Å². The Morgan fingerprint density at radius 3 is 2.45 bits per heavy atom. The molecule has 1 nitrogen and oxygen atoms in total. The SMILES string of the molecule is COC1=C(C(C)C)CCC(C)C1=Cc1ccc(Br)cc1. The minimum Gasteiger partial charge on any atom is -0.497 e. The molecule has 1 aliphatic rings. The van der Waals surface area contributed by atoms with Crippen molar-refractivity contribution in [3.63, 3.8) is 0 Å². The summed E-state index contributed by atoms with van der Waals surface area (Å²) in [5.74, 6) is 2.21. The van der Waals surface area contributed by atoms with Crippen LogP contribution in [0.4, 0.5) is 0 Å². The van der Waals surface area contributed by atoms with E-state index in [4.69, 9.17) is 4.74 Å². The maximum atomic E-state index is 5.75. The molecule has 0 bridgehead atoms. The standard InChI is InChI=1S/C18H23BrO/c1-12(2)16-10-5-13(3)17(18(16)20-4)11-14-6-8-15(19)9-7-14/h6-9,11-13H,5,10H2,1-4H3. The molecule has 0 spiro atoms. The maximum Gasteiger partial charge on any atom is 0.121 e. The van der Waals surface area contributed by atoms with E-state index in [0.717, 1.165) is 16.7 Å². The van der Waals surface area contributed by atoms with Crippen LogP contribution in [0.1, 0.15) is 39.2 Å². The first kappa shape index (κ1) is 15.4. The molecule has 1 atom stereocenters. The third-order valence-corrected chi connectivity index (χ3v) is 4.55. The highest BCUT2D eigenvalue weighted by Crippen LogP contribution is 2.38. The summed E-state index contributed by atoms with van der Waals surface area (Å²) < 4.78 is 6.86. The van der Waals surface area contributed by atoms with E-state index < -0.39 is 0 Å². The summed E-state index contributed by atoms with van der Waals surface area (Å²) in [6.07, 6.45) is 4.64. The summed E-state index contributed by atoms with van der Waals surface area (Å²) in [5, 5.41) is 0. The Morgan fingerprint density at radius 2 is 1.90 bits per heavy atom. The summed E-state index contributed by atoms with van der Waals surface area (Å²) >= 11 is 3.48. The van der Waals surface area contributed by atoms with E-state index in [1.807, 2.05) is 0 Å². The number of hydrogen-bond acceptors (Lipinski definition) is 1. The number of hydrogen-bond donors (Lipinski definition) is 0. The first-order chi connectivity index (χ1) is 9.52. The van der Waals surface area contributed by atoms with Crippen molar-refractivity contribution in [1.29, 1.82) is 0 Å². The number of methoxy groups -OCH3 is 1. The van der Waals surface area contributed by atoms with Gasteiger partial charge in [0.2, 0.25) is 0 Å². The molecule has 2 heteroatoms. The molecule has 0 radical (unpaired) electrons. The van der Waals surface area contributed by atoms with Gasteiger partial charge in [-0.05, 0) is 59.6 Å². The average Bonchev–Trinajstić information content (AvgIpc) is 2.42. The molecule has 0 aromatic heterocycles. The van der Waals surface area contributed by atoms with E-state index in [1.54, 1.807) is 7.11 Å². The summed E-state index contributed by atoms with van der Waals surface area (Å²) in [6, 6.07) is 8.44. The van der Waals surface area contributed by atoms with Crippen LogP contribution in [0.3, 0.4) is 0 Å². The molecule has 0 N–H and O–H groups in total. The highest BCUT2D eigenvalue weighted by Gasteiger charge is 2.25. The number of ether oxygens (including phenoxy) is 1. The van der Waals surface area contributed by atoms with Crippen LogP contribution in [0.25, 0.3) is 6.08 Å². The zero-order chi connectivity index (χ0) is 14.7. The van der Waals surface area contributed by atoms with Crippen LogP contribution in [0.2, 0.25) is 0 Å². The number of benzene rings is 1. The summed E-state index contributed by atoms with van der Waals surface area (Å²) in [6.45, 7) is 6.80. The Balaban J connectivity index is 2.45. The number of rotatable bonds is 3. The lowest BCUT2D eigenvalue weighted by molar-refractivity contribution is 0.272. The zero-order valence-electron chi connectivity index (χ0n) is 12.7. The maximum absolute atomic E-state index is 5.75. The van der Waals surface area contributed by atoms with E-state index in [-0.39, 0.29) is 0 Å². The van der Waals surface area contributed by atoms with Crippen molar-refractivity contribution in [1.82, 2.24) is 0 Å². The highest BCUT2D eigenvalue weighted by molar-refractivity contribution is 9.10. The summed E-state index contributed by atoms with van der Waals surface area (Å²) in [7, 11) is 1.80. The Labute approximate surface area is 130 Å². The fourth-order valence-corrected chi connectivity index (χ4v) is 3.06. The van der Waals surface area contributed by atoms with E-state index in [0.29, 0.717) is 11.8 Å². The molecule has 1 aliphatic carbocycles. The summed E-state index contributed by atoms with van der Waals surface area (Å²) in [5.41, 5.74) is 4.02. The Bertz CT molecular complexity index is 523. The molecule has 0 amide bonds. The molecule has 0 saturated carbocycles. The van der Waals surface area contributed by atoms with Gasteiger partial charge in [0.05, 0.1) is 7.11 Å². The first-order valence-electron chi connectivity index (χ1n) is 7.27. The molecule has 0 aliphatic heterocycles. The van der Waals surface area contributed by atoms with Crippen molar-refractivity contribution in [2.45, 2.75) is 33.6 Å². The van der Waals surface area contributed by atoms with Gasteiger partial charge < -0.3 is 4.74 Å². The van der Waals surface area contributed by atoms with E-state index in [1.165, 1.54) is 23.1 Å². The molecule has 0 fully saturated rings. The zero-order valence-corrected chi connectivity index (χ0v) is 14.3. The van der Waals surface area contributed by atoms with Gasteiger partial charge in [-0.1, -0.05) is 48.8 Å². The highest BCUT2D eigenvalue weighted by atomic mass is 79.9. The van der Waals surface area contributed by atoms with Gasteiger partial charge in [0, 0.05) is 4.47 Å². The van der Waals surface area contributed by atoms with Gasteiger partial charge in [-0.15, -0.1) is 0 Å². The average molecular weight is 335 g/mol. The van der Waals surface area contributed by atoms with Gasteiger partial charge >= 0.3 is 0 Å². The minimum atomic E-state index is 0.547. The van der Waals surface area contributed by atoms with Gasteiger partial charge in [-0.3, -0.25) is 0 Å². The van der Waals surface area contributed by atoms with Crippen molar-refractivity contribution in [2.75, 3.05) is 7.11 Å². The van der Waals surface area contributed by atoms with Crippen molar-refractivity contribution < 1.29 is 4.74 Å². The molecule has 0 heterocycles. The van der Waals surface area contributed by atoms with Gasteiger partial charge in [0.1, 0.15) is 5.76 Å². The predicted octanol–water partition coefficient (Wildman–Crippen LogP) is 5.82. The molecule has 1 aromatic rings.